The number of piperidine rings is 1. The fourth-order valence-electron chi connectivity index (χ4n) is 4.44. The molecule has 2 fully saturated rings. The Morgan fingerprint density at radius 2 is 1.78 bits per heavy atom. The summed E-state index contributed by atoms with van der Waals surface area (Å²) in [5, 5.41) is 3.18. The van der Waals surface area contributed by atoms with Crippen molar-refractivity contribution in [3.63, 3.8) is 0 Å². The van der Waals surface area contributed by atoms with E-state index in [9.17, 15) is 18.0 Å². The van der Waals surface area contributed by atoms with Crippen LogP contribution in [0.5, 0.6) is 0 Å². The van der Waals surface area contributed by atoms with Gasteiger partial charge in [-0.3, -0.25) is 9.59 Å². The molecule has 2 amide bonds. The van der Waals surface area contributed by atoms with Crippen LogP contribution < -0.4 is 10.0 Å². The predicted molar refractivity (Wildman–Crippen MR) is 122 cm³/mol. The number of rotatable bonds is 8. The molecule has 1 saturated heterocycles. The van der Waals surface area contributed by atoms with Gasteiger partial charge in [0, 0.05) is 44.3 Å². The lowest BCUT2D eigenvalue weighted by atomic mass is 9.88. The molecule has 1 aliphatic carbocycles. The second kappa shape index (κ2) is 11.2. The molecule has 2 aliphatic rings. The minimum Gasteiger partial charge on any atom is -0.383 e. The van der Waals surface area contributed by atoms with Gasteiger partial charge in [0.2, 0.25) is 15.9 Å². The molecule has 32 heavy (non-hydrogen) atoms. The first-order valence-corrected chi connectivity index (χ1v) is 13.0. The third kappa shape index (κ3) is 6.30. The van der Waals surface area contributed by atoms with Gasteiger partial charge in [-0.2, -0.15) is 0 Å². The first-order valence-electron chi connectivity index (χ1n) is 11.5. The molecule has 1 aromatic carbocycles. The Balaban J connectivity index is 1.59. The van der Waals surface area contributed by atoms with Crippen LogP contribution in [0.1, 0.15) is 60.9 Å². The number of amides is 2. The highest BCUT2D eigenvalue weighted by Crippen LogP contribution is 2.25. The van der Waals surface area contributed by atoms with Crippen LogP contribution in [0.2, 0.25) is 0 Å². The van der Waals surface area contributed by atoms with Crippen molar-refractivity contribution in [3.8, 4) is 0 Å². The van der Waals surface area contributed by atoms with Crippen LogP contribution in [0.15, 0.2) is 23.1 Å². The zero-order chi connectivity index (χ0) is 23.1. The third-order valence-corrected chi connectivity index (χ3v) is 7.91. The normalized spacial score (nSPS) is 18.5. The highest BCUT2D eigenvalue weighted by Gasteiger charge is 2.28. The average molecular weight is 466 g/mol. The molecule has 0 aromatic heterocycles. The molecule has 8 nitrogen and oxygen atoms in total. The first-order chi connectivity index (χ1) is 15.3. The van der Waals surface area contributed by atoms with E-state index < -0.39 is 10.0 Å². The molecule has 2 N–H and O–H groups in total. The number of nitrogens with one attached hydrogen (secondary N) is 2. The van der Waals surface area contributed by atoms with Crippen LogP contribution in [-0.4, -0.2) is 64.5 Å². The lowest BCUT2D eigenvalue weighted by Gasteiger charge is -2.34. The number of aryl methyl sites for hydroxylation is 1. The monoisotopic (exact) mass is 465 g/mol. The maximum absolute atomic E-state index is 13.1. The molecule has 9 heteroatoms. The molecule has 1 aliphatic heterocycles. The fraction of sp³-hybridized carbons (Fsp3) is 0.652. The van der Waals surface area contributed by atoms with Gasteiger partial charge in [-0.25, -0.2) is 13.1 Å². The number of sulfonamides is 1. The van der Waals surface area contributed by atoms with Crippen molar-refractivity contribution in [2.45, 2.75) is 62.8 Å². The number of carbonyl (C=O) groups excluding carboxylic acids is 2. The Bertz CT molecular complexity index is 904. The predicted octanol–water partition coefficient (Wildman–Crippen LogP) is 2.22. The van der Waals surface area contributed by atoms with E-state index in [-0.39, 0.29) is 41.8 Å². The quantitative estimate of drug-likeness (QED) is 0.573. The third-order valence-electron chi connectivity index (χ3n) is 6.45. The summed E-state index contributed by atoms with van der Waals surface area (Å²) < 4.78 is 32.4. The van der Waals surface area contributed by atoms with Crippen LogP contribution in [0.25, 0.3) is 0 Å². The molecule has 0 atom stereocenters. The fourth-order valence-corrected chi connectivity index (χ4v) is 5.48. The topological polar surface area (TPSA) is 105 Å². The van der Waals surface area contributed by atoms with E-state index in [0.717, 1.165) is 31.2 Å². The lowest BCUT2D eigenvalue weighted by Crippen LogP contribution is -2.48. The summed E-state index contributed by atoms with van der Waals surface area (Å²) in [4.78, 5) is 27.5. The average Bonchev–Trinajstić information content (AvgIpc) is 2.80. The molecule has 1 aromatic rings. The van der Waals surface area contributed by atoms with Gasteiger partial charge in [0.1, 0.15) is 0 Å². The number of hydrogen-bond acceptors (Lipinski definition) is 5. The Kier molecular flexibility index (Phi) is 8.67. The summed E-state index contributed by atoms with van der Waals surface area (Å²) in [6.45, 7) is 3.31. The van der Waals surface area contributed by atoms with Gasteiger partial charge in [0.15, 0.2) is 0 Å². The maximum atomic E-state index is 13.1. The van der Waals surface area contributed by atoms with Crippen molar-refractivity contribution in [2.24, 2.45) is 5.92 Å². The summed E-state index contributed by atoms with van der Waals surface area (Å²) in [5.74, 6) is 0.117. The van der Waals surface area contributed by atoms with E-state index in [1.807, 2.05) is 0 Å². The second-order valence-electron chi connectivity index (χ2n) is 8.78. The van der Waals surface area contributed by atoms with Crippen molar-refractivity contribution in [2.75, 3.05) is 33.4 Å². The summed E-state index contributed by atoms with van der Waals surface area (Å²) >= 11 is 0. The Morgan fingerprint density at radius 1 is 1.09 bits per heavy atom. The van der Waals surface area contributed by atoms with Gasteiger partial charge in [-0.1, -0.05) is 25.3 Å². The maximum Gasteiger partial charge on any atom is 0.254 e. The van der Waals surface area contributed by atoms with Gasteiger partial charge in [0.25, 0.3) is 5.91 Å². The molecular formula is C23H35N3O5S. The number of nitrogens with zero attached hydrogens (tertiary/aromatic N) is 1. The minimum absolute atomic E-state index is 0.0668. The van der Waals surface area contributed by atoms with E-state index in [1.54, 1.807) is 17.9 Å². The molecule has 3 rings (SSSR count). The number of hydrogen-bond donors (Lipinski definition) is 2. The first kappa shape index (κ1) is 24.7. The van der Waals surface area contributed by atoms with Crippen molar-refractivity contribution in [1.82, 2.24) is 14.9 Å². The van der Waals surface area contributed by atoms with Gasteiger partial charge in [-0.15, -0.1) is 0 Å². The molecule has 0 bridgehead atoms. The van der Waals surface area contributed by atoms with Crippen molar-refractivity contribution in [3.05, 3.63) is 29.3 Å². The largest absolute Gasteiger partial charge is 0.383 e. The van der Waals surface area contributed by atoms with Gasteiger partial charge in [0.05, 0.1) is 11.5 Å². The van der Waals surface area contributed by atoms with Gasteiger partial charge >= 0.3 is 0 Å². The molecular weight excluding hydrogens is 430 g/mol. The van der Waals surface area contributed by atoms with Crippen LogP contribution in [0, 0.1) is 12.8 Å². The highest BCUT2D eigenvalue weighted by molar-refractivity contribution is 7.89. The Labute approximate surface area is 191 Å². The van der Waals surface area contributed by atoms with Crippen molar-refractivity contribution >= 4 is 21.8 Å². The zero-order valence-corrected chi connectivity index (χ0v) is 19.9. The van der Waals surface area contributed by atoms with Crippen LogP contribution >= 0.6 is 0 Å². The van der Waals surface area contributed by atoms with E-state index in [0.29, 0.717) is 31.5 Å². The zero-order valence-electron chi connectivity index (χ0n) is 19.1. The molecule has 178 valence electrons. The van der Waals surface area contributed by atoms with E-state index in [1.165, 1.54) is 25.7 Å². The number of benzene rings is 1. The Hall–Kier alpha value is -1.97. The van der Waals surface area contributed by atoms with E-state index in [2.05, 4.69) is 10.0 Å². The number of likely N-dealkylation sites (tertiary alicyclic amines) is 1. The lowest BCUT2D eigenvalue weighted by molar-refractivity contribution is -0.126. The molecule has 0 radical (unpaired) electrons. The summed E-state index contributed by atoms with van der Waals surface area (Å²) in [6.07, 6.45) is 6.83. The highest BCUT2D eigenvalue weighted by atomic mass is 32.2. The second-order valence-corrected chi connectivity index (χ2v) is 10.5. The number of methoxy groups -OCH3 is 1. The molecule has 1 heterocycles. The smallest absolute Gasteiger partial charge is 0.254 e. The number of ether oxygens (including phenoxy) is 1. The standard InChI is InChI=1S/C23H35N3O5S/c1-17-8-9-20(32(29,30)24-12-15-31-2)16-21(17)23(28)26-13-10-19(11-14-26)25-22(27)18-6-4-3-5-7-18/h8-9,16,18-19,24H,3-7,10-15H2,1-2H3,(H,25,27). The molecule has 0 unspecified atom stereocenters. The number of carbonyl (C=O) groups is 2. The van der Waals surface area contributed by atoms with Crippen LogP contribution in [0.4, 0.5) is 0 Å². The summed E-state index contributed by atoms with van der Waals surface area (Å²) in [6, 6.07) is 4.71. The Morgan fingerprint density at radius 3 is 2.44 bits per heavy atom. The SMILES string of the molecule is COCCNS(=O)(=O)c1ccc(C)c(C(=O)N2CCC(NC(=O)C3CCCCC3)CC2)c1. The van der Waals surface area contributed by atoms with E-state index >= 15 is 0 Å². The summed E-state index contributed by atoms with van der Waals surface area (Å²) in [5.41, 5.74) is 1.13. The van der Waals surface area contributed by atoms with Gasteiger partial charge < -0.3 is 15.0 Å². The van der Waals surface area contributed by atoms with Gasteiger partial charge in [-0.05, 0) is 50.3 Å². The van der Waals surface area contributed by atoms with Crippen molar-refractivity contribution in [1.29, 1.82) is 0 Å². The summed E-state index contributed by atoms with van der Waals surface area (Å²) in [7, 11) is -2.22. The van der Waals surface area contributed by atoms with Crippen LogP contribution in [0.3, 0.4) is 0 Å². The minimum atomic E-state index is -3.72. The molecule has 1 saturated carbocycles. The molecule has 0 spiro atoms. The van der Waals surface area contributed by atoms with E-state index in [4.69, 9.17) is 4.74 Å². The van der Waals surface area contributed by atoms with Crippen molar-refractivity contribution < 1.29 is 22.7 Å². The van der Waals surface area contributed by atoms with Crippen LogP contribution in [-0.2, 0) is 19.6 Å².